The highest BCUT2D eigenvalue weighted by atomic mass is 32.1. The Labute approximate surface area is 185 Å². The topological polar surface area (TPSA) is 82.5 Å². The second kappa shape index (κ2) is 8.51. The number of benzene rings is 2. The van der Waals surface area contributed by atoms with E-state index >= 15 is 0 Å². The third-order valence-corrected chi connectivity index (χ3v) is 6.53. The fourth-order valence-electron chi connectivity index (χ4n) is 3.56. The molecule has 0 radical (unpaired) electrons. The summed E-state index contributed by atoms with van der Waals surface area (Å²) in [5, 5.41) is 12.4. The molecular formula is C22H20F3N3O3S. The lowest BCUT2D eigenvalue weighted by Gasteiger charge is -2.27. The molecule has 1 fully saturated rings. The molecule has 1 aromatic heterocycles. The first-order valence-electron chi connectivity index (χ1n) is 9.98. The van der Waals surface area contributed by atoms with Crippen molar-refractivity contribution in [2.24, 2.45) is 0 Å². The van der Waals surface area contributed by atoms with Crippen LogP contribution in [0.3, 0.4) is 0 Å². The van der Waals surface area contributed by atoms with Crippen molar-refractivity contribution in [2.75, 3.05) is 11.4 Å². The Hall–Kier alpha value is -2.98. The van der Waals surface area contributed by atoms with Gasteiger partial charge in [0.15, 0.2) is 0 Å². The number of hydrogen-bond donors (Lipinski definition) is 2. The van der Waals surface area contributed by atoms with Gasteiger partial charge in [-0.15, -0.1) is 11.3 Å². The van der Waals surface area contributed by atoms with Gasteiger partial charge >= 0.3 is 6.18 Å². The number of carbonyl (C=O) groups is 2. The van der Waals surface area contributed by atoms with E-state index in [2.05, 4.69) is 10.3 Å². The van der Waals surface area contributed by atoms with Crippen molar-refractivity contribution >= 4 is 39.1 Å². The van der Waals surface area contributed by atoms with E-state index in [1.807, 2.05) is 0 Å². The van der Waals surface area contributed by atoms with Crippen LogP contribution in [0.5, 0.6) is 0 Å². The molecule has 2 aromatic carbocycles. The van der Waals surface area contributed by atoms with Gasteiger partial charge in [-0.25, -0.2) is 4.98 Å². The summed E-state index contributed by atoms with van der Waals surface area (Å²) >= 11 is 0.708. The van der Waals surface area contributed by atoms with E-state index in [-0.39, 0.29) is 12.5 Å². The number of hydrogen-bond acceptors (Lipinski definition) is 5. The van der Waals surface area contributed by atoms with Gasteiger partial charge in [-0.1, -0.05) is 24.3 Å². The summed E-state index contributed by atoms with van der Waals surface area (Å²) in [6.45, 7) is 0.636. The molecule has 168 valence electrons. The molecular weight excluding hydrogens is 443 g/mol. The van der Waals surface area contributed by atoms with Crippen LogP contribution in [-0.4, -0.2) is 34.6 Å². The highest BCUT2D eigenvalue weighted by molar-refractivity contribution is 7.18. The van der Waals surface area contributed by atoms with Crippen molar-refractivity contribution in [1.29, 1.82) is 0 Å². The number of amides is 2. The molecule has 2 N–H and O–H groups in total. The summed E-state index contributed by atoms with van der Waals surface area (Å²) < 4.78 is 41.8. The number of nitrogens with zero attached hydrogens (tertiary/aromatic N) is 2. The molecule has 0 bridgehead atoms. The highest BCUT2D eigenvalue weighted by Crippen LogP contribution is 2.44. The van der Waals surface area contributed by atoms with Crippen molar-refractivity contribution in [1.82, 2.24) is 10.3 Å². The Balaban J connectivity index is 1.44. The highest BCUT2D eigenvalue weighted by Gasteiger charge is 2.58. The number of rotatable bonds is 6. The van der Waals surface area contributed by atoms with Crippen LogP contribution in [0.2, 0.25) is 0 Å². The summed E-state index contributed by atoms with van der Waals surface area (Å²) in [5.41, 5.74) is -1.66. The lowest BCUT2D eigenvalue weighted by molar-refractivity contribution is -0.267. The van der Waals surface area contributed by atoms with Crippen LogP contribution in [0.25, 0.3) is 10.2 Å². The molecule has 10 heteroatoms. The van der Waals surface area contributed by atoms with E-state index in [9.17, 15) is 27.9 Å². The average molecular weight is 463 g/mol. The Morgan fingerprint density at radius 2 is 1.88 bits per heavy atom. The Morgan fingerprint density at radius 3 is 2.50 bits per heavy atom. The molecule has 2 heterocycles. The quantitative estimate of drug-likeness (QED) is 0.581. The van der Waals surface area contributed by atoms with Gasteiger partial charge in [0.25, 0.3) is 0 Å². The van der Waals surface area contributed by atoms with Gasteiger partial charge in [-0.05, 0) is 36.2 Å². The number of carbonyl (C=O) groups excluding carboxylic acids is 2. The van der Waals surface area contributed by atoms with E-state index in [1.54, 1.807) is 53.4 Å². The third-order valence-electron chi connectivity index (χ3n) is 5.34. The van der Waals surface area contributed by atoms with E-state index in [4.69, 9.17) is 0 Å². The monoisotopic (exact) mass is 463 g/mol. The largest absolute Gasteiger partial charge is 0.424 e. The van der Waals surface area contributed by atoms with Gasteiger partial charge in [-0.2, -0.15) is 13.2 Å². The number of aromatic nitrogens is 1. The molecule has 0 aliphatic carbocycles. The minimum Gasteiger partial charge on any atom is -0.374 e. The Bertz CT molecular complexity index is 1110. The van der Waals surface area contributed by atoms with E-state index in [1.165, 1.54) is 0 Å². The fraction of sp³-hybridized carbons (Fsp3) is 0.318. The number of nitrogens with one attached hydrogen (secondary N) is 1. The van der Waals surface area contributed by atoms with Crippen LogP contribution in [0.15, 0.2) is 48.5 Å². The number of halogens is 3. The molecule has 3 aromatic rings. The van der Waals surface area contributed by atoms with Crippen LogP contribution < -0.4 is 10.2 Å². The predicted octanol–water partition coefficient (Wildman–Crippen LogP) is 3.88. The van der Waals surface area contributed by atoms with Gasteiger partial charge in [0.1, 0.15) is 5.01 Å². The smallest absolute Gasteiger partial charge is 0.374 e. The summed E-state index contributed by atoms with van der Waals surface area (Å²) in [7, 11) is 0. The van der Waals surface area contributed by atoms with Crippen molar-refractivity contribution in [2.45, 2.75) is 37.6 Å². The van der Waals surface area contributed by atoms with Gasteiger partial charge in [0, 0.05) is 25.2 Å². The van der Waals surface area contributed by atoms with Gasteiger partial charge < -0.3 is 15.3 Å². The van der Waals surface area contributed by atoms with E-state index < -0.39 is 29.1 Å². The maximum Gasteiger partial charge on any atom is 0.424 e. The number of thiazole rings is 1. The van der Waals surface area contributed by atoms with Gasteiger partial charge in [0.2, 0.25) is 17.4 Å². The van der Waals surface area contributed by atoms with Crippen molar-refractivity contribution in [3.05, 3.63) is 59.1 Å². The number of fused-ring (bicyclic) bond motifs is 1. The first-order valence-corrected chi connectivity index (χ1v) is 10.8. The Kier molecular flexibility index (Phi) is 5.91. The zero-order valence-electron chi connectivity index (χ0n) is 16.9. The van der Waals surface area contributed by atoms with Crippen LogP contribution in [0.1, 0.15) is 29.8 Å². The predicted molar refractivity (Wildman–Crippen MR) is 114 cm³/mol. The van der Waals surface area contributed by atoms with Crippen molar-refractivity contribution in [3.63, 3.8) is 0 Å². The van der Waals surface area contributed by atoms with Gasteiger partial charge in [-0.3, -0.25) is 9.59 Å². The molecule has 1 atom stereocenters. The van der Waals surface area contributed by atoms with Crippen LogP contribution in [-0.2, 0) is 21.7 Å². The normalized spacial score (nSPS) is 16.4. The van der Waals surface area contributed by atoms with Gasteiger partial charge in [0.05, 0.1) is 16.6 Å². The lowest BCUT2D eigenvalue weighted by atomic mass is 9.99. The molecule has 2 amide bonds. The first kappa shape index (κ1) is 22.2. The molecule has 1 aliphatic rings. The van der Waals surface area contributed by atoms with Crippen LogP contribution >= 0.6 is 11.3 Å². The molecule has 0 saturated carbocycles. The Morgan fingerprint density at radius 1 is 1.16 bits per heavy atom. The second-order valence-electron chi connectivity index (χ2n) is 7.61. The summed E-state index contributed by atoms with van der Waals surface area (Å²) in [4.78, 5) is 29.7. The first-order chi connectivity index (χ1) is 15.2. The average Bonchev–Trinajstić information content (AvgIpc) is 3.38. The standard InChI is InChI=1S/C22H20F3N3O3S/c23-22(24,25)21(31,20-27-16-4-1-2-5-17(16)32-20)12-18(29)26-13-14-7-9-15(10-8-14)28-11-3-6-19(28)30/h1-2,4-5,7-10,31H,3,6,11-13H2,(H,26,29)/t21-/m1/s1. The molecule has 6 nitrogen and oxygen atoms in total. The van der Waals surface area contributed by atoms with Crippen LogP contribution in [0.4, 0.5) is 18.9 Å². The minimum absolute atomic E-state index is 0.0131. The SMILES string of the molecule is O=C(C[C@@](O)(c1nc2ccccc2s1)C(F)(F)F)NCc1ccc(N2CCCC2=O)cc1. The van der Waals surface area contributed by atoms with Crippen LogP contribution in [0, 0.1) is 0 Å². The minimum atomic E-state index is -5.08. The lowest BCUT2D eigenvalue weighted by Crippen LogP contribution is -2.46. The number of para-hydroxylation sites is 1. The van der Waals surface area contributed by atoms with E-state index in [0.717, 1.165) is 12.1 Å². The number of aliphatic hydroxyl groups is 1. The fourth-order valence-corrected chi connectivity index (χ4v) is 4.63. The van der Waals surface area contributed by atoms with E-state index in [0.29, 0.717) is 40.1 Å². The molecule has 0 spiro atoms. The molecule has 1 saturated heterocycles. The van der Waals surface area contributed by atoms with Crippen molar-refractivity contribution < 1.29 is 27.9 Å². The summed E-state index contributed by atoms with van der Waals surface area (Å²) in [6.07, 6.45) is -4.97. The third kappa shape index (κ3) is 4.33. The number of alkyl halides is 3. The maximum absolute atomic E-state index is 13.8. The molecule has 1 aliphatic heterocycles. The molecule has 32 heavy (non-hydrogen) atoms. The number of anilines is 1. The zero-order chi connectivity index (χ0) is 22.9. The zero-order valence-corrected chi connectivity index (χ0v) is 17.7. The maximum atomic E-state index is 13.8. The summed E-state index contributed by atoms with van der Waals surface area (Å²) in [5.74, 6) is -0.907. The molecule has 4 rings (SSSR count). The molecule has 0 unspecified atom stereocenters. The summed E-state index contributed by atoms with van der Waals surface area (Å²) in [6, 6.07) is 13.3. The van der Waals surface area contributed by atoms with Crippen molar-refractivity contribution in [3.8, 4) is 0 Å². The second-order valence-corrected chi connectivity index (χ2v) is 8.64.